The number of carbonyl (C=O) groups excluding carboxylic acids is 1. The Morgan fingerprint density at radius 2 is 2.18 bits per heavy atom. The molecule has 0 saturated carbocycles. The zero-order valence-corrected chi connectivity index (χ0v) is 13.4. The van der Waals surface area contributed by atoms with Crippen LogP contribution in [0.4, 0.5) is 5.69 Å². The van der Waals surface area contributed by atoms with Gasteiger partial charge in [0.05, 0.1) is 11.6 Å². The van der Waals surface area contributed by atoms with Crippen LogP contribution in [0.25, 0.3) is 0 Å². The van der Waals surface area contributed by atoms with Crippen LogP contribution in [0, 0.1) is 11.3 Å². The zero-order valence-electron chi connectivity index (χ0n) is 13.4. The summed E-state index contributed by atoms with van der Waals surface area (Å²) in [4.78, 5) is 16.7. The second-order valence-electron chi connectivity index (χ2n) is 6.01. The summed E-state index contributed by atoms with van der Waals surface area (Å²) in [5.74, 6) is -0.00475. The molecule has 0 aliphatic carbocycles. The average molecular weight is 300 g/mol. The van der Waals surface area contributed by atoms with Gasteiger partial charge >= 0.3 is 0 Å². The highest BCUT2D eigenvalue weighted by atomic mass is 16.1. The quantitative estimate of drug-likeness (QED) is 0.902. The number of carbonyl (C=O) groups is 1. The number of benzene rings is 1. The predicted molar refractivity (Wildman–Crippen MR) is 87.6 cm³/mol. The summed E-state index contributed by atoms with van der Waals surface area (Å²) in [5.41, 5.74) is 1.24. The first kappa shape index (κ1) is 16.5. The molecule has 2 rings (SSSR count). The van der Waals surface area contributed by atoms with Gasteiger partial charge in [-0.3, -0.25) is 4.79 Å². The van der Waals surface area contributed by atoms with Gasteiger partial charge in [0.1, 0.15) is 0 Å². The van der Waals surface area contributed by atoms with Crippen molar-refractivity contribution in [3.05, 3.63) is 29.8 Å². The molecule has 1 aliphatic heterocycles. The van der Waals surface area contributed by atoms with Crippen LogP contribution in [0.3, 0.4) is 0 Å². The van der Waals surface area contributed by atoms with E-state index in [-0.39, 0.29) is 5.91 Å². The number of rotatable bonds is 5. The van der Waals surface area contributed by atoms with Gasteiger partial charge in [0.15, 0.2) is 0 Å². The molecule has 0 bridgehead atoms. The number of hydrogen-bond donors (Lipinski definition) is 1. The minimum Gasteiger partial charge on any atom is -0.326 e. The summed E-state index contributed by atoms with van der Waals surface area (Å²) < 4.78 is 0. The molecule has 0 unspecified atom stereocenters. The van der Waals surface area contributed by atoms with Gasteiger partial charge in [-0.2, -0.15) is 5.26 Å². The second kappa shape index (κ2) is 7.92. The zero-order chi connectivity index (χ0) is 15.9. The Kier molecular flexibility index (Phi) is 5.93. The van der Waals surface area contributed by atoms with E-state index >= 15 is 0 Å². The smallest absolute Gasteiger partial charge is 0.225 e. The first-order valence-corrected chi connectivity index (χ1v) is 7.77. The van der Waals surface area contributed by atoms with Crippen molar-refractivity contribution in [1.29, 1.82) is 5.26 Å². The fourth-order valence-corrected chi connectivity index (χ4v) is 2.79. The molecule has 5 nitrogen and oxygen atoms in total. The van der Waals surface area contributed by atoms with Crippen molar-refractivity contribution in [3.8, 4) is 6.07 Å². The molecule has 1 N–H and O–H groups in total. The van der Waals surface area contributed by atoms with E-state index in [1.807, 2.05) is 0 Å². The number of anilines is 1. The van der Waals surface area contributed by atoms with E-state index in [4.69, 9.17) is 5.26 Å². The third kappa shape index (κ3) is 4.83. The van der Waals surface area contributed by atoms with Crippen LogP contribution in [0.5, 0.6) is 0 Å². The van der Waals surface area contributed by atoms with Crippen molar-refractivity contribution in [3.63, 3.8) is 0 Å². The van der Waals surface area contributed by atoms with E-state index in [2.05, 4.69) is 35.3 Å². The fraction of sp³-hybridized carbons (Fsp3) is 0.529. The predicted octanol–water partition coefficient (Wildman–Crippen LogP) is 1.91. The molecule has 1 aromatic rings. The summed E-state index contributed by atoms with van der Waals surface area (Å²) >= 11 is 0. The molecule has 0 spiro atoms. The van der Waals surface area contributed by atoms with E-state index in [0.717, 1.165) is 19.6 Å². The molecule has 1 heterocycles. The van der Waals surface area contributed by atoms with Crippen LogP contribution in [0.15, 0.2) is 24.3 Å². The maximum Gasteiger partial charge on any atom is 0.225 e. The highest BCUT2D eigenvalue weighted by molar-refractivity contribution is 5.90. The van der Waals surface area contributed by atoms with Crippen molar-refractivity contribution >= 4 is 11.6 Å². The average Bonchev–Trinajstić information content (AvgIpc) is 2.53. The molecular weight excluding hydrogens is 276 g/mol. The van der Waals surface area contributed by atoms with Gasteiger partial charge in [-0.15, -0.1) is 0 Å². The SMILES string of the molecule is CN1CCC(N(C)CCC(=O)Nc2cccc(C#N)c2)CC1. The largest absolute Gasteiger partial charge is 0.326 e. The van der Waals surface area contributed by atoms with E-state index in [1.165, 1.54) is 12.8 Å². The van der Waals surface area contributed by atoms with Crippen molar-refractivity contribution in [2.24, 2.45) is 0 Å². The molecule has 0 atom stereocenters. The van der Waals surface area contributed by atoms with Crippen LogP contribution in [-0.4, -0.2) is 55.5 Å². The number of amides is 1. The molecule has 1 aliphatic rings. The Balaban J connectivity index is 1.76. The molecule has 0 aromatic heterocycles. The van der Waals surface area contributed by atoms with Gasteiger partial charge in [0, 0.05) is 24.7 Å². The monoisotopic (exact) mass is 300 g/mol. The number of nitrogens with zero attached hydrogens (tertiary/aromatic N) is 3. The first-order valence-electron chi connectivity index (χ1n) is 7.77. The lowest BCUT2D eigenvalue weighted by atomic mass is 10.0. The summed E-state index contributed by atoms with van der Waals surface area (Å²) in [6.45, 7) is 3.02. The van der Waals surface area contributed by atoms with Crippen molar-refractivity contribution in [1.82, 2.24) is 9.80 Å². The molecule has 5 heteroatoms. The first-order chi connectivity index (χ1) is 10.6. The van der Waals surface area contributed by atoms with Crippen LogP contribution in [0.1, 0.15) is 24.8 Å². The van der Waals surface area contributed by atoms with Crippen molar-refractivity contribution in [2.45, 2.75) is 25.3 Å². The summed E-state index contributed by atoms with van der Waals surface area (Å²) in [6, 6.07) is 9.65. The lowest BCUT2D eigenvalue weighted by Gasteiger charge is -2.35. The molecule has 0 radical (unpaired) electrons. The van der Waals surface area contributed by atoms with Gasteiger partial charge in [-0.25, -0.2) is 0 Å². The lowest BCUT2D eigenvalue weighted by molar-refractivity contribution is -0.116. The van der Waals surface area contributed by atoms with Gasteiger partial charge in [0.2, 0.25) is 5.91 Å². The van der Waals surface area contributed by atoms with Gasteiger partial charge in [0.25, 0.3) is 0 Å². The Morgan fingerprint density at radius 1 is 1.45 bits per heavy atom. The molecule has 1 saturated heterocycles. The van der Waals surface area contributed by atoms with Crippen molar-refractivity contribution in [2.75, 3.05) is 39.0 Å². The lowest BCUT2D eigenvalue weighted by Crippen LogP contribution is -2.42. The highest BCUT2D eigenvalue weighted by Crippen LogP contribution is 2.15. The van der Waals surface area contributed by atoms with Gasteiger partial charge < -0.3 is 15.1 Å². The van der Waals surface area contributed by atoms with E-state index in [9.17, 15) is 4.79 Å². The second-order valence-corrected chi connectivity index (χ2v) is 6.01. The Morgan fingerprint density at radius 3 is 2.86 bits per heavy atom. The maximum absolute atomic E-state index is 12.0. The van der Waals surface area contributed by atoms with E-state index in [0.29, 0.717) is 23.7 Å². The third-order valence-electron chi connectivity index (χ3n) is 4.28. The summed E-state index contributed by atoms with van der Waals surface area (Å²) in [7, 11) is 4.25. The number of piperidine rings is 1. The maximum atomic E-state index is 12.0. The van der Waals surface area contributed by atoms with Crippen LogP contribution in [0.2, 0.25) is 0 Å². The molecule has 22 heavy (non-hydrogen) atoms. The summed E-state index contributed by atoms with van der Waals surface area (Å²) in [6.07, 6.45) is 2.80. The normalized spacial score (nSPS) is 16.5. The van der Waals surface area contributed by atoms with Crippen LogP contribution >= 0.6 is 0 Å². The van der Waals surface area contributed by atoms with Crippen molar-refractivity contribution < 1.29 is 4.79 Å². The standard InChI is InChI=1S/C17H24N4O/c1-20-9-6-16(7-10-20)21(2)11-8-17(22)19-15-5-3-4-14(12-15)13-18/h3-5,12,16H,6-11H2,1-2H3,(H,19,22). The molecule has 118 valence electrons. The number of likely N-dealkylation sites (tertiary alicyclic amines) is 1. The Hall–Kier alpha value is -1.90. The summed E-state index contributed by atoms with van der Waals surface area (Å²) in [5, 5.41) is 11.7. The van der Waals surface area contributed by atoms with E-state index in [1.54, 1.807) is 24.3 Å². The number of nitriles is 1. The Labute approximate surface area is 132 Å². The molecule has 1 aromatic carbocycles. The third-order valence-corrected chi connectivity index (χ3v) is 4.28. The van der Waals surface area contributed by atoms with Gasteiger partial charge in [-0.1, -0.05) is 6.07 Å². The number of hydrogen-bond acceptors (Lipinski definition) is 4. The van der Waals surface area contributed by atoms with Crippen LogP contribution in [-0.2, 0) is 4.79 Å². The Bertz CT molecular complexity index is 544. The molecule has 1 amide bonds. The number of nitrogens with one attached hydrogen (secondary N) is 1. The van der Waals surface area contributed by atoms with Crippen LogP contribution < -0.4 is 5.32 Å². The molecular formula is C17H24N4O. The minimum absolute atomic E-state index is 0.00475. The van der Waals surface area contributed by atoms with Gasteiger partial charge in [-0.05, 0) is 58.2 Å². The topological polar surface area (TPSA) is 59.4 Å². The highest BCUT2D eigenvalue weighted by Gasteiger charge is 2.20. The fourth-order valence-electron chi connectivity index (χ4n) is 2.79. The molecule has 1 fully saturated rings. The minimum atomic E-state index is -0.00475. The van der Waals surface area contributed by atoms with E-state index < -0.39 is 0 Å².